The Kier molecular flexibility index (Phi) is 52.7. The molecule has 0 rings (SSSR count). The van der Waals surface area contributed by atoms with Crippen LogP contribution in [0.2, 0.25) is 0 Å². The van der Waals surface area contributed by atoms with Crippen molar-refractivity contribution in [2.24, 2.45) is 0 Å². The van der Waals surface area contributed by atoms with E-state index in [9.17, 15) is 18.9 Å². The zero-order valence-electron chi connectivity index (χ0n) is 51.3. The molecule has 0 heterocycles. The Morgan fingerprint density at radius 2 is 0.455 bits per heavy atom. The van der Waals surface area contributed by atoms with Gasteiger partial charge in [0, 0.05) is 16.7 Å². The molecule has 77 heavy (non-hydrogen) atoms. The fourth-order valence-corrected chi connectivity index (χ4v) is 10.9. The van der Waals surface area contributed by atoms with E-state index in [0.717, 1.165) is 77.0 Å². The summed E-state index contributed by atoms with van der Waals surface area (Å²) < 4.78 is 50.7. The van der Waals surface area contributed by atoms with E-state index in [0.29, 0.717) is 19.3 Å². The van der Waals surface area contributed by atoms with E-state index in [-0.39, 0.29) is 36.5 Å². The third-order valence-electron chi connectivity index (χ3n) is 14.8. The highest BCUT2D eigenvalue weighted by Gasteiger charge is 2.33. The fourth-order valence-electron chi connectivity index (χ4n) is 9.62. The summed E-state index contributed by atoms with van der Waals surface area (Å²) in [6.07, 6.45) is 50.7. The van der Waals surface area contributed by atoms with Gasteiger partial charge >= 0.3 is 25.7 Å². The maximum atomic E-state index is 14.8. The van der Waals surface area contributed by atoms with E-state index in [2.05, 4.69) is 40.5 Å². The number of esters is 3. The van der Waals surface area contributed by atoms with Gasteiger partial charge in [0.2, 0.25) is 0 Å². The van der Waals surface area contributed by atoms with Crippen molar-refractivity contribution in [1.82, 2.24) is 0 Å². The zero-order valence-corrected chi connectivity index (χ0v) is 52.2. The zero-order chi connectivity index (χ0) is 56.9. The second kappa shape index (κ2) is 54.3. The van der Waals surface area contributed by atoms with Crippen LogP contribution in [0, 0.1) is 0 Å². The molecule has 0 fully saturated rings. The number of phosphoric acid groups is 1. The molecule has 0 radical (unpaired) electrons. The van der Waals surface area contributed by atoms with Gasteiger partial charge in [-0.25, -0.2) is 18.9 Å². The number of hydrogen-bond donors (Lipinski definition) is 0. The van der Waals surface area contributed by atoms with Gasteiger partial charge in [-0.2, -0.15) is 0 Å². The standard InChI is InChI=1S/C66H123O10P/c1-10-13-16-19-22-25-28-31-34-37-40-43-46-49-52-61(74-64(67)58(4)5)55-71-77(70,72-56-62(75-65(68)59(6)7)53-50-47-44-41-38-35-32-29-26-23-20-17-14-11-2)73-57-63(76-66(69)60(8)9)54-51-48-45-42-39-36-33-30-27-24-21-18-15-12-3/h61-63H,4,6,8,10-57H2,1-3,5,7,9H3. The second-order valence-corrected chi connectivity index (χ2v) is 24.6. The Balaban J connectivity index is 5.80. The van der Waals surface area contributed by atoms with Crippen LogP contribution in [0.4, 0.5) is 0 Å². The van der Waals surface area contributed by atoms with Gasteiger partial charge in [0.15, 0.2) is 0 Å². The first-order valence-corrected chi connectivity index (χ1v) is 33.9. The number of carbonyl (C=O) groups is 3. The molecule has 0 N–H and O–H groups in total. The van der Waals surface area contributed by atoms with Crippen molar-refractivity contribution < 1.29 is 46.7 Å². The molecule has 0 saturated carbocycles. The topological polar surface area (TPSA) is 124 Å². The van der Waals surface area contributed by atoms with Gasteiger partial charge in [0.1, 0.15) is 18.3 Å². The van der Waals surface area contributed by atoms with E-state index in [1.165, 1.54) is 193 Å². The van der Waals surface area contributed by atoms with Gasteiger partial charge in [-0.15, -0.1) is 0 Å². The first-order valence-electron chi connectivity index (χ1n) is 32.4. The first-order chi connectivity index (χ1) is 37.3. The van der Waals surface area contributed by atoms with Crippen LogP contribution >= 0.6 is 7.82 Å². The van der Waals surface area contributed by atoms with Crippen molar-refractivity contribution in [3.05, 3.63) is 36.5 Å². The van der Waals surface area contributed by atoms with Crippen molar-refractivity contribution in [2.45, 2.75) is 349 Å². The molecule has 0 aliphatic heterocycles. The molecule has 10 nitrogen and oxygen atoms in total. The molecule has 0 aromatic heterocycles. The highest BCUT2D eigenvalue weighted by atomic mass is 31.2. The smallest absolute Gasteiger partial charge is 0.457 e. The van der Waals surface area contributed by atoms with Crippen LogP contribution in [0.3, 0.4) is 0 Å². The highest BCUT2D eigenvalue weighted by Crippen LogP contribution is 2.50. The van der Waals surface area contributed by atoms with Crippen LogP contribution in [-0.4, -0.2) is 56.0 Å². The molecule has 3 atom stereocenters. The lowest BCUT2D eigenvalue weighted by Crippen LogP contribution is -2.27. The summed E-state index contributed by atoms with van der Waals surface area (Å²) in [6, 6.07) is 0. The molecule has 452 valence electrons. The minimum Gasteiger partial charge on any atom is -0.457 e. The monoisotopic (exact) mass is 1110 g/mol. The number of unbranched alkanes of at least 4 members (excludes halogenated alkanes) is 39. The minimum absolute atomic E-state index is 0.251. The summed E-state index contributed by atoms with van der Waals surface area (Å²) in [4.78, 5) is 38.7. The summed E-state index contributed by atoms with van der Waals surface area (Å²) in [6.45, 7) is 22.2. The SMILES string of the molecule is C=C(C)C(=O)OC(CCCCCCCCCCCCCCCC)COP(=O)(OCC(CCCCCCCCCCCCCCCC)OC(=O)C(=C)C)OCC(CCCCCCCCCCCCCCCC)OC(=O)C(=C)C. The van der Waals surface area contributed by atoms with Gasteiger partial charge in [-0.1, -0.05) is 291 Å². The molecular formula is C66H123O10P. The molecule has 0 amide bonds. The average Bonchev–Trinajstić information content (AvgIpc) is 3.40. The lowest BCUT2D eigenvalue weighted by Gasteiger charge is -2.26. The number of phosphoric ester groups is 1. The predicted molar refractivity (Wildman–Crippen MR) is 324 cm³/mol. The quantitative estimate of drug-likeness (QED) is 0.0191. The molecule has 0 aromatic carbocycles. The predicted octanol–water partition coefficient (Wildman–Crippen LogP) is 21.2. The van der Waals surface area contributed by atoms with Gasteiger partial charge in [0.05, 0.1) is 19.8 Å². The Bertz CT molecular complexity index is 1320. The Labute approximate surface area is 475 Å². The largest absolute Gasteiger partial charge is 0.475 e. The third kappa shape index (κ3) is 49.3. The maximum absolute atomic E-state index is 14.8. The van der Waals surface area contributed by atoms with Gasteiger partial charge in [-0.3, -0.25) is 13.6 Å². The van der Waals surface area contributed by atoms with Crippen LogP contribution in [0.5, 0.6) is 0 Å². The summed E-state index contributed by atoms with van der Waals surface area (Å²) in [5, 5.41) is 0. The molecule has 0 spiro atoms. The minimum atomic E-state index is -4.44. The van der Waals surface area contributed by atoms with Gasteiger partial charge in [-0.05, 0) is 59.3 Å². The van der Waals surface area contributed by atoms with Crippen molar-refractivity contribution >= 4 is 25.7 Å². The summed E-state index contributed by atoms with van der Waals surface area (Å²) >= 11 is 0. The van der Waals surface area contributed by atoms with Crippen LogP contribution < -0.4 is 0 Å². The maximum Gasteiger partial charge on any atom is 0.475 e. The molecule has 0 saturated heterocycles. The first kappa shape index (κ1) is 74.7. The lowest BCUT2D eigenvalue weighted by atomic mass is 10.0. The fraction of sp³-hybridized carbons (Fsp3) is 0.864. The molecule has 0 bridgehead atoms. The highest BCUT2D eigenvalue weighted by molar-refractivity contribution is 7.48. The van der Waals surface area contributed by atoms with Crippen molar-refractivity contribution in [2.75, 3.05) is 19.8 Å². The molecule has 11 heteroatoms. The average molecular weight is 1110 g/mol. The summed E-state index contributed by atoms with van der Waals surface area (Å²) in [5.74, 6) is -1.67. The van der Waals surface area contributed by atoms with Crippen molar-refractivity contribution in [3.63, 3.8) is 0 Å². The van der Waals surface area contributed by atoms with Crippen LogP contribution in [0.25, 0.3) is 0 Å². The van der Waals surface area contributed by atoms with Crippen LogP contribution in [0.15, 0.2) is 36.5 Å². The van der Waals surface area contributed by atoms with Gasteiger partial charge in [0.25, 0.3) is 0 Å². The molecule has 0 aliphatic rings. The van der Waals surface area contributed by atoms with E-state index in [1.54, 1.807) is 20.8 Å². The number of rotatable bonds is 60. The van der Waals surface area contributed by atoms with E-state index >= 15 is 0 Å². The molecule has 3 unspecified atom stereocenters. The van der Waals surface area contributed by atoms with Crippen molar-refractivity contribution in [3.8, 4) is 0 Å². The molecular weight excluding hydrogens is 984 g/mol. The number of hydrogen-bond acceptors (Lipinski definition) is 10. The normalized spacial score (nSPS) is 13.4. The molecule has 0 aromatic rings. The summed E-state index contributed by atoms with van der Waals surface area (Å²) in [7, 11) is -4.44. The second-order valence-electron chi connectivity index (χ2n) is 22.9. The third-order valence-corrected chi connectivity index (χ3v) is 16.2. The van der Waals surface area contributed by atoms with Crippen LogP contribution in [-0.2, 0) is 46.7 Å². The Morgan fingerprint density at radius 3 is 0.610 bits per heavy atom. The summed E-state index contributed by atoms with van der Waals surface area (Å²) in [5.41, 5.74) is 0.758. The van der Waals surface area contributed by atoms with Crippen LogP contribution in [0.1, 0.15) is 330 Å². The van der Waals surface area contributed by atoms with Crippen molar-refractivity contribution in [1.29, 1.82) is 0 Å². The Morgan fingerprint density at radius 1 is 0.299 bits per heavy atom. The number of ether oxygens (including phenoxy) is 3. The van der Waals surface area contributed by atoms with Gasteiger partial charge < -0.3 is 14.2 Å². The molecule has 0 aliphatic carbocycles. The van der Waals surface area contributed by atoms with E-state index in [1.807, 2.05) is 0 Å². The Hall–Kier alpha value is -2.26. The van der Waals surface area contributed by atoms with E-state index < -0.39 is 44.0 Å². The number of carbonyl (C=O) groups excluding carboxylic acids is 3. The lowest BCUT2D eigenvalue weighted by molar-refractivity contribution is -0.147. The van der Waals surface area contributed by atoms with E-state index in [4.69, 9.17) is 27.8 Å².